The number of methoxy groups -OCH3 is 1. The number of hydrogen-bond acceptors (Lipinski definition) is 4. The predicted molar refractivity (Wildman–Crippen MR) is 74.4 cm³/mol. The number of amides is 1. The summed E-state index contributed by atoms with van der Waals surface area (Å²) in [5.41, 5.74) is 0.150. The first kappa shape index (κ1) is 16.3. The van der Waals surface area contributed by atoms with E-state index < -0.39 is 23.7 Å². The lowest BCUT2D eigenvalue weighted by Gasteiger charge is -2.17. The Morgan fingerprint density at radius 3 is 2.55 bits per heavy atom. The molecule has 0 spiro atoms. The molecule has 7 heteroatoms. The largest absolute Gasteiger partial charge is 0.494 e. The van der Waals surface area contributed by atoms with Crippen LogP contribution in [-0.2, 0) is 9.59 Å². The van der Waals surface area contributed by atoms with Gasteiger partial charge in [-0.1, -0.05) is 6.07 Å². The number of carbonyl (C=O) groups is 2. The van der Waals surface area contributed by atoms with E-state index in [1.54, 1.807) is 13.2 Å². The zero-order chi connectivity index (χ0) is 15.3. The van der Waals surface area contributed by atoms with Gasteiger partial charge in [0, 0.05) is 0 Å². The smallest absolute Gasteiger partial charge is 0.330 e. The minimum Gasteiger partial charge on any atom is -0.494 e. The van der Waals surface area contributed by atoms with E-state index in [0.29, 0.717) is 0 Å². The number of nitrogens with one attached hydrogen (secondary N) is 1. The van der Waals surface area contributed by atoms with Crippen LogP contribution >= 0.6 is 11.8 Å². The van der Waals surface area contributed by atoms with E-state index in [9.17, 15) is 19.1 Å². The summed E-state index contributed by atoms with van der Waals surface area (Å²) in [6.07, 6.45) is 1.74. The Hall–Kier alpha value is -1.76. The van der Waals surface area contributed by atoms with Crippen molar-refractivity contribution in [1.29, 1.82) is 0 Å². The van der Waals surface area contributed by atoms with Gasteiger partial charge in [0.25, 0.3) is 0 Å². The van der Waals surface area contributed by atoms with E-state index in [0.717, 1.165) is 6.07 Å². The highest BCUT2D eigenvalue weighted by atomic mass is 32.2. The molecule has 0 aromatic heterocycles. The molecule has 2 atom stereocenters. The second-order valence-electron chi connectivity index (χ2n) is 4.05. The topological polar surface area (TPSA) is 75.6 Å². The van der Waals surface area contributed by atoms with E-state index in [1.807, 2.05) is 0 Å². The first-order chi connectivity index (χ1) is 9.40. The molecule has 0 saturated heterocycles. The van der Waals surface area contributed by atoms with Crippen LogP contribution in [0.15, 0.2) is 18.2 Å². The molecule has 0 fully saturated rings. The molecule has 20 heavy (non-hydrogen) atoms. The predicted octanol–water partition coefficient (Wildman–Crippen LogP) is 1.83. The molecule has 0 bridgehead atoms. The molecule has 1 aromatic carbocycles. The Balaban J connectivity index is 3.00. The maximum Gasteiger partial charge on any atom is 0.330 e. The van der Waals surface area contributed by atoms with Gasteiger partial charge < -0.3 is 15.2 Å². The van der Waals surface area contributed by atoms with E-state index in [4.69, 9.17) is 4.74 Å². The Kier molecular flexibility index (Phi) is 5.82. The lowest BCUT2D eigenvalue weighted by molar-refractivity contribution is -0.141. The third kappa shape index (κ3) is 3.86. The average molecular weight is 301 g/mol. The molecule has 0 radical (unpaired) electrons. The highest BCUT2D eigenvalue weighted by Crippen LogP contribution is 2.22. The molecule has 1 aromatic rings. The monoisotopic (exact) mass is 301 g/mol. The van der Waals surface area contributed by atoms with Crippen LogP contribution in [0.5, 0.6) is 5.75 Å². The van der Waals surface area contributed by atoms with Crippen molar-refractivity contribution >= 4 is 23.6 Å². The summed E-state index contributed by atoms with van der Waals surface area (Å²) in [5.74, 6) is -2.33. The van der Waals surface area contributed by atoms with Crippen molar-refractivity contribution in [2.75, 3.05) is 13.4 Å². The maximum atomic E-state index is 13.6. The SMILES string of the molecule is COc1ccc(C(NC(=O)C(C)SC)C(=O)O)cc1F. The van der Waals surface area contributed by atoms with E-state index in [1.165, 1.54) is 31.0 Å². The Labute approximate surface area is 120 Å². The van der Waals surface area contributed by atoms with E-state index in [2.05, 4.69) is 5.32 Å². The minimum atomic E-state index is -1.29. The number of halogens is 1. The summed E-state index contributed by atoms with van der Waals surface area (Å²) in [7, 11) is 1.31. The lowest BCUT2D eigenvalue weighted by atomic mass is 10.1. The zero-order valence-corrected chi connectivity index (χ0v) is 12.2. The van der Waals surface area contributed by atoms with Crippen LogP contribution in [0, 0.1) is 5.82 Å². The average Bonchev–Trinajstić information content (AvgIpc) is 2.43. The normalized spacial score (nSPS) is 13.4. The van der Waals surface area contributed by atoms with Gasteiger partial charge in [-0.05, 0) is 30.9 Å². The van der Waals surface area contributed by atoms with Crippen molar-refractivity contribution in [2.45, 2.75) is 18.2 Å². The molecule has 0 aliphatic rings. The van der Waals surface area contributed by atoms with Crippen LogP contribution in [-0.4, -0.2) is 35.6 Å². The molecule has 0 heterocycles. The van der Waals surface area contributed by atoms with Crippen LogP contribution in [0.3, 0.4) is 0 Å². The van der Waals surface area contributed by atoms with Crippen molar-refractivity contribution in [3.63, 3.8) is 0 Å². The third-order valence-corrected chi connectivity index (χ3v) is 3.69. The molecule has 110 valence electrons. The number of aliphatic carboxylic acids is 1. The van der Waals surface area contributed by atoms with Crippen LogP contribution in [0.1, 0.15) is 18.5 Å². The standard InChI is InChI=1S/C13H16FNO4S/c1-7(20-3)12(16)15-11(13(17)18)8-4-5-10(19-2)9(14)6-8/h4-7,11H,1-3H3,(H,15,16)(H,17,18). The van der Waals surface area contributed by atoms with Crippen molar-refractivity contribution in [3.05, 3.63) is 29.6 Å². The molecular formula is C13H16FNO4S. The molecule has 2 unspecified atom stereocenters. The number of benzene rings is 1. The second-order valence-corrected chi connectivity index (χ2v) is 5.23. The molecule has 0 aliphatic carbocycles. The van der Waals surface area contributed by atoms with Gasteiger partial charge in [-0.2, -0.15) is 11.8 Å². The highest BCUT2D eigenvalue weighted by molar-refractivity contribution is 7.99. The number of carbonyl (C=O) groups excluding carboxylic acids is 1. The molecule has 0 aliphatic heterocycles. The van der Waals surface area contributed by atoms with Crippen LogP contribution < -0.4 is 10.1 Å². The van der Waals surface area contributed by atoms with Crippen molar-refractivity contribution in [3.8, 4) is 5.75 Å². The molecule has 1 amide bonds. The van der Waals surface area contributed by atoms with Gasteiger partial charge in [-0.3, -0.25) is 4.79 Å². The lowest BCUT2D eigenvalue weighted by Crippen LogP contribution is -2.38. The fourth-order valence-corrected chi connectivity index (χ4v) is 1.80. The van der Waals surface area contributed by atoms with Crippen LogP contribution in [0.2, 0.25) is 0 Å². The van der Waals surface area contributed by atoms with Crippen LogP contribution in [0.4, 0.5) is 4.39 Å². The summed E-state index contributed by atoms with van der Waals surface area (Å²) in [6.45, 7) is 1.66. The van der Waals surface area contributed by atoms with Crippen molar-refractivity contribution in [1.82, 2.24) is 5.32 Å². The summed E-state index contributed by atoms with van der Waals surface area (Å²) < 4.78 is 18.4. The van der Waals surface area contributed by atoms with Crippen molar-refractivity contribution < 1.29 is 23.8 Å². The molecule has 1 rings (SSSR count). The molecule has 0 saturated carbocycles. The highest BCUT2D eigenvalue weighted by Gasteiger charge is 2.25. The number of thioether (sulfide) groups is 1. The summed E-state index contributed by atoms with van der Waals surface area (Å²) in [4.78, 5) is 23.0. The number of carboxylic acids is 1. The quantitative estimate of drug-likeness (QED) is 0.838. The number of ether oxygens (including phenoxy) is 1. The second kappa shape index (κ2) is 7.14. The van der Waals surface area contributed by atoms with Gasteiger partial charge in [-0.15, -0.1) is 0 Å². The summed E-state index contributed by atoms with van der Waals surface area (Å²) in [6, 6.07) is 2.48. The number of rotatable bonds is 6. The molecule has 5 nitrogen and oxygen atoms in total. The minimum absolute atomic E-state index is 0.0155. The van der Waals surface area contributed by atoms with Crippen LogP contribution in [0.25, 0.3) is 0 Å². The van der Waals surface area contributed by atoms with Gasteiger partial charge in [0.05, 0.1) is 12.4 Å². The maximum absolute atomic E-state index is 13.6. The number of carboxylic acid groups (broad SMARTS) is 1. The Morgan fingerprint density at radius 2 is 2.10 bits per heavy atom. The fourth-order valence-electron chi connectivity index (χ4n) is 1.52. The summed E-state index contributed by atoms with van der Waals surface area (Å²) >= 11 is 1.29. The Morgan fingerprint density at radius 1 is 1.45 bits per heavy atom. The molecule has 2 N–H and O–H groups in total. The van der Waals surface area contributed by atoms with Gasteiger partial charge in [0.2, 0.25) is 5.91 Å². The first-order valence-electron chi connectivity index (χ1n) is 5.80. The zero-order valence-electron chi connectivity index (χ0n) is 11.3. The summed E-state index contributed by atoms with van der Waals surface area (Å²) in [5, 5.41) is 11.2. The number of hydrogen-bond donors (Lipinski definition) is 2. The van der Waals surface area contributed by atoms with Gasteiger partial charge >= 0.3 is 5.97 Å². The third-order valence-electron chi connectivity index (χ3n) is 2.77. The van der Waals surface area contributed by atoms with E-state index in [-0.39, 0.29) is 16.6 Å². The first-order valence-corrected chi connectivity index (χ1v) is 7.09. The van der Waals surface area contributed by atoms with Gasteiger partial charge in [0.1, 0.15) is 0 Å². The van der Waals surface area contributed by atoms with E-state index >= 15 is 0 Å². The van der Waals surface area contributed by atoms with Crippen molar-refractivity contribution in [2.24, 2.45) is 0 Å². The van der Waals surface area contributed by atoms with Gasteiger partial charge in [-0.25, -0.2) is 9.18 Å². The molecular weight excluding hydrogens is 285 g/mol. The fraction of sp³-hybridized carbons (Fsp3) is 0.385. The van der Waals surface area contributed by atoms with Gasteiger partial charge in [0.15, 0.2) is 17.6 Å². The Bertz CT molecular complexity index is 509.